The summed E-state index contributed by atoms with van der Waals surface area (Å²) in [5.74, 6) is 1.44. The van der Waals surface area contributed by atoms with Crippen molar-refractivity contribution in [1.82, 2.24) is 14.9 Å². The van der Waals surface area contributed by atoms with Gasteiger partial charge in [0, 0.05) is 37.3 Å². The Hall–Kier alpha value is -2.63. The van der Waals surface area contributed by atoms with Crippen LogP contribution in [-0.2, 0) is 22.6 Å². The van der Waals surface area contributed by atoms with Crippen LogP contribution in [-0.4, -0.2) is 32.7 Å². The van der Waals surface area contributed by atoms with Gasteiger partial charge in [-0.15, -0.1) is 0 Å². The first kappa shape index (κ1) is 20.6. The highest BCUT2D eigenvalue weighted by Crippen LogP contribution is 2.40. The lowest BCUT2D eigenvalue weighted by Gasteiger charge is -2.37. The third-order valence-electron chi connectivity index (χ3n) is 6.81. The number of nitrogens with zero attached hydrogens (tertiary/aromatic N) is 2. The number of aromatic nitrogens is 2. The van der Waals surface area contributed by atoms with Crippen molar-refractivity contribution in [2.24, 2.45) is 23.5 Å². The molecule has 1 saturated carbocycles. The van der Waals surface area contributed by atoms with E-state index in [4.69, 9.17) is 5.73 Å². The summed E-state index contributed by atoms with van der Waals surface area (Å²) in [7, 11) is 0. The molecule has 1 aliphatic carbocycles. The van der Waals surface area contributed by atoms with Crippen molar-refractivity contribution in [3.05, 3.63) is 54.1 Å². The van der Waals surface area contributed by atoms with Gasteiger partial charge in [0.1, 0.15) is 0 Å². The van der Waals surface area contributed by atoms with Crippen LogP contribution in [0.2, 0.25) is 0 Å². The van der Waals surface area contributed by atoms with E-state index in [0.717, 1.165) is 44.2 Å². The number of carbonyl (C=O) groups excluding carboxylic acids is 2. The number of carbonyl (C=O) groups is 2. The second kappa shape index (κ2) is 9.45. The highest BCUT2D eigenvalue weighted by molar-refractivity contribution is 5.78. The fourth-order valence-corrected chi connectivity index (χ4v) is 5.64. The van der Waals surface area contributed by atoms with Crippen LogP contribution in [0.5, 0.6) is 0 Å². The van der Waals surface area contributed by atoms with Crippen molar-refractivity contribution < 1.29 is 9.59 Å². The van der Waals surface area contributed by atoms with Crippen molar-refractivity contribution in [1.29, 1.82) is 0 Å². The Morgan fingerprint density at radius 2 is 1.90 bits per heavy atom. The minimum absolute atomic E-state index is 0.206. The summed E-state index contributed by atoms with van der Waals surface area (Å²) in [5.41, 5.74) is 7.87. The molecule has 6 nitrogen and oxygen atoms in total. The third-order valence-corrected chi connectivity index (χ3v) is 6.81. The molecule has 1 saturated heterocycles. The average Bonchev–Trinajstić information content (AvgIpc) is 3.33. The van der Waals surface area contributed by atoms with Gasteiger partial charge in [-0.05, 0) is 61.8 Å². The van der Waals surface area contributed by atoms with Gasteiger partial charge in [0.25, 0.3) is 0 Å². The number of aromatic amines is 1. The lowest BCUT2D eigenvalue weighted by atomic mass is 9.70. The van der Waals surface area contributed by atoms with Crippen molar-refractivity contribution >= 4 is 11.8 Å². The number of likely N-dealkylation sites (tertiary alicyclic amines) is 1. The maximum absolute atomic E-state index is 12.6. The number of rotatable bonds is 8. The predicted molar refractivity (Wildman–Crippen MR) is 115 cm³/mol. The van der Waals surface area contributed by atoms with E-state index in [1.54, 1.807) is 6.33 Å². The van der Waals surface area contributed by atoms with Crippen LogP contribution in [0.25, 0.3) is 0 Å². The molecule has 1 aromatic carbocycles. The maximum atomic E-state index is 12.6. The number of benzene rings is 1. The molecule has 2 fully saturated rings. The standard InChI is InChI=1S/C24H32N4O2/c25-23(29)13-20-9-18(11-21-14-26-16-27-21)8-19(10-20)12-22-6-7-24(30)28(22)15-17-4-2-1-3-5-17/h1-5,14,16,18-20,22H,6-13,15H2,(H2,25,29)(H,26,27)/t18-,19+,20-,22-/m0/s1. The van der Waals surface area contributed by atoms with Crippen LogP contribution < -0.4 is 5.73 Å². The quantitative estimate of drug-likeness (QED) is 0.701. The van der Waals surface area contributed by atoms with Crippen LogP contribution >= 0.6 is 0 Å². The number of imidazole rings is 1. The Labute approximate surface area is 178 Å². The maximum Gasteiger partial charge on any atom is 0.223 e. The molecule has 2 aromatic rings. The number of hydrogen-bond donors (Lipinski definition) is 2. The van der Waals surface area contributed by atoms with E-state index in [0.29, 0.717) is 43.2 Å². The first-order valence-electron chi connectivity index (χ1n) is 11.2. The Morgan fingerprint density at radius 1 is 1.13 bits per heavy atom. The first-order chi connectivity index (χ1) is 14.6. The van der Waals surface area contributed by atoms with Crippen LogP contribution in [0.15, 0.2) is 42.9 Å². The Bertz CT molecular complexity index is 836. The topological polar surface area (TPSA) is 92.1 Å². The van der Waals surface area contributed by atoms with Crippen LogP contribution in [0.1, 0.15) is 56.2 Å². The highest BCUT2D eigenvalue weighted by atomic mass is 16.2. The number of primary amides is 1. The molecule has 4 rings (SSSR count). The van der Waals surface area contributed by atoms with E-state index in [2.05, 4.69) is 27.0 Å². The van der Waals surface area contributed by atoms with Crippen molar-refractivity contribution in [2.45, 2.75) is 64.0 Å². The summed E-state index contributed by atoms with van der Waals surface area (Å²) in [5, 5.41) is 0. The number of hydrogen-bond acceptors (Lipinski definition) is 3. The second-order valence-electron chi connectivity index (χ2n) is 9.19. The summed E-state index contributed by atoms with van der Waals surface area (Å²) >= 11 is 0. The van der Waals surface area contributed by atoms with Gasteiger partial charge in [-0.2, -0.15) is 0 Å². The molecular formula is C24H32N4O2. The number of nitrogens with two attached hydrogens (primary N) is 1. The van der Waals surface area contributed by atoms with Gasteiger partial charge in [0.2, 0.25) is 11.8 Å². The van der Waals surface area contributed by atoms with Crippen molar-refractivity contribution in [3.8, 4) is 0 Å². The fourth-order valence-electron chi connectivity index (χ4n) is 5.64. The van der Waals surface area contributed by atoms with E-state index in [1.807, 2.05) is 24.4 Å². The van der Waals surface area contributed by atoms with E-state index in [9.17, 15) is 9.59 Å². The molecule has 6 heteroatoms. The summed E-state index contributed by atoms with van der Waals surface area (Å²) < 4.78 is 0. The second-order valence-corrected chi connectivity index (χ2v) is 9.19. The van der Waals surface area contributed by atoms with Crippen LogP contribution in [0, 0.1) is 17.8 Å². The minimum Gasteiger partial charge on any atom is -0.370 e. The van der Waals surface area contributed by atoms with Crippen molar-refractivity contribution in [3.63, 3.8) is 0 Å². The Kier molecular flexibility index (Phi) is 6.50. The zero-order chi connectivity index (χ0) is 20.9. The summed E-state index contributed by atoms with van der Waals surface area (Å²) in [6.45, 7) is 0.694. The average molecular weight is 409 g/mol. The number of nitrogens with one attached hydrogen (secondary N) is 1. The lowest BCUT2D eigenvalue weighted by Crippen LogP contribution is -2.36. The third kappa shape index (κ3) is 5.29. The normalized spacial score (nSPS) is 26.8. The van der Waals surface area contributed by atoms with E-state index >= 15 is 0 Å². The molecular weight excluding hydrogens is 376 g/mol. The molecule has 1 aliphatic heterocycles. The zero-order valence-electron chi connectivity index (χ0n) is 17.5. The Morgan fingerprint density at radius 3 is 2.63 bits per heavy atom. The zero-order valence-corrected chi connectivity index (χ0v) is 17.5. The van der Waals surface area contributed by atoms with Gasteiger partial charge in [0.05, 0.1) is 6.33 Å². The number of amides is 2. The molecule has 160 valence electrons. The predicted octanol–water partition coefficient (Wildman–Crippen LogP) is 3.44. The molecule has 0 radical (unpaired) electrons. The Balaban J connectivity index is 1.42. The van der Waals surface area contributed by atoms with Crippen LogP contribution in [0.3, 0.4) is 0 Å². The summed E-state index contributed by atoms with van der Waals surface area (Å²) in [6, 6.07) is 10.5. The van der Waals surface area contributed by atoms with Gasteiger partial charge < -0.3 is 15.6 Å². The van der Waals surface area contributed by atoms with E-state index in [-0.39, 0.29) is 11.8 Å². The number of H-pyrrole nitrogens is 1. The van der Waals surface area contributed by atoms with Crippen molar-refractivity contribution in [2.75, 3.05) is 0 Å². The molecule has 2 aliphatic rings. The SMILES string of the molecule is NC(=O)C[C@H]1C[C@@H](Cc2cnc[nH]2)C[C@@H](C[C@@H]2CCC(=O)N2Cc2ccccc2)C1. The lowest BCUT2D eigenvalue weighted by molar-refractivity contribution is -0.129. The molecule has 3 N–H and O–H groups in total. The van der Waals surface area contributed by atoms with Gasteiger partial charge in [-0.3, -0.25) is 9.59 Å². The van der Waals surface area contributed by atoms with Crippen LogP contribution in [0.4, 0.5) is 0 Å². The highest BCUT2D eigenvalue weighted by Gasteiger charge is 2.36. The molecule has 0 unspecified atom stereocenters. The summed E-state index contributed by atoms with van der Waals surface area (Å²) in [6.07, 6.45) is 10.9. The minimum atomic E-state index is -0.206. The smallest absolute Gasteiger partial charge is 0.223 e. The van der Waals surface area contributed by atoms with Gasteiger partial charge in [-0.1, -0.05) is 30.3 Å². The molecule has 0 spiro atoms. The molecule has 0 bridgehead atoms. The van der Waals surface area contributed by atoms with Gasteiger partial charge in [-0.25, -0.2) is 4.98 Å². The molecule has 1 aromatic heterocycles. The molecule has 2 heterocycles. The summed E-state index contributed by atoms with van der Waals surface area (Å²) in [4.78, 5) is 33.6. The van der Waals surface area contributed by atoms with Gasteiger partial charge in [0.15, 0.2) is 0 Å². The monoisotopic (exact) mass is 408 g/mol. The molecule has 4 atom stereocenters. The molecule has 2 amide bonds. The van der Waals surface area contributed by atoms with E-state index < -0.39 is 0 Å². The van der Waals surface area contributed by atoms with Gasteiger partial charge >= 0.3 is 0 Å². The molecule has 30 heavy (non-hydrogen) atoms. The fraction of sp³-hybridized carbons (Fsp3) is 0.542. The van der Waals surface area contributed by atoms with E-state index in [1.165, 1.54) is 5.56 Å². The first-order valence-corrected chi connectivity index (χ1v) is 11.2. The largest absolute Gasteiger partial charge is 0.370 e.